The first-order chi connectivity index (χ1) is 10.3. The van der Waals surface area contributed by atoms with E-state index in [1.165, 1.54) is 19.0 Å². The van der Waals surface area contributed by atoms with Crippen molar-refractivity contribution >= 4 is 15.8 Å². The van der Waals surface area contributed by atoms with E-state index in [1.54, 1.807) is 5.57 Å². The molecule has 0 fully saturated rings. The van der Waals surface area contributed by atoms with E-state index in [0.717, 1.165) is 28.3 Å². The molecule has 23 heavy (non-hydrogen) atoms. The summed E-state index contributed by atoms with van der Waals surface area (Å²) in [5, 5.41) is 0. The Morgan fingerprint density at radius 2 is 1.39 bits per heavy atom. The number of hydrogen-bond acceptors (Lipinski definition) is 0. The molecule has 0 saturated heterocycles. The number of allylic oxidation sites excluding steroid dienone is 4. The second-order valence-corrected chi connectivity index (χ2v) is 14.8. The zero-order valence-corrected chi connectivity index (χ0v) is 19.3. The molecule has 1 aliphatic carbocycles. The fourth-order valence-corrected chi connectivity index (χ4v) is 11.1. The van der Waals surface area contributed by atoms with Gasteiger partial charge in [0.1, 0.15) is 0 Å². The van der Waals surface area contributed by atoms with Crippen molar-refractivity contribution in [1.29, 1.82) is 0 Å². The average Bonchev–Trinajstić information content (AvgIpc) is 2.42. The smallest absolute Gasteiger partial charge is 0.100 e. The molecule has 1 rings (SSSR count). The molecule has 0 aliphatic heterocycles. The summed E-state index contributed by atoms with van der Waals surface area (Å²) < 4.78 is 0. The summed E-state index contributed by atoms with van der Waals surface area (Å²) in [5.41, 5.74) is 6.01. The van der Waals surface area contributed by atoms with Crippen molar-refractivity contribution in [3.8, 4) is 0 Å². The first kappa shape index (κ1) is 23.8. The van der Waals surface area contributed by atoms with Gasteiger partial charge >= 0.3 is 16.8 Å². The number of hydrogen-bond donors (Lipinski definition) is 0. The van der Waals surface area contributed by atoms with Gasteiger partial charge in [-0.05, 0) is 41.6 Å². The molecule has 0 N–H and O–H groups in total. The van der Waals surface area contributed by atoms with Gasteiger partial charge in [0.25, 0.3) is 0 Å². The molecule has 0 nitrogen and oxygen atoms in total. The third-order valence-electron chi connectivity index (χ3n) is 4.74. The zero-order chi connectivity index (χ0) is 16.9. The van der Waals surface area contributed by atoms with E-state index >= 15 is 0 Å². The van der Waals surface area contributed by atoms with Gasteiger partial charge in [0.2, 0.25) is 0 Å². The van der Waals surface area contributed by atoms with Crippen LogP contribution in [0.25, 0.3) is 0 Å². The Bertz CT molecular complexity index is 367. The van der Waals surface area contributed by atoms with Crippen LogP contribution in [0.2, 0.25) is 0 Å². The Kier molecular flexibility index (Phi) is 11.9. The Labute approximate surface area is 159 Å². The molecule has 1 unspecified atom stereocenters. The molecule has 0 aromatic carbocycles. The molecule has 0 bridgehead atoms. The van der Waals surface area contributed by atoms with Crippen LogP contribution in [-0.2, 0) is 16.8 Å². The largest absolute Gasteiger partial charge is 2.00 e. The first-order valence-electron chi connectivity index (χ1n) is 9.14. The number of rotatable bonds is 8. The van der Waals surface area contributed by atoms with Crippen molar-refractivity contribution < 1.29 is 16.8 Å². The molecule has 0 saturated carbocycles. The van der Waals surface area contributed by atoms with Crippen molar-refractivity contribution in [2.45, 2.75) is 96.5 Å². The summed E-state index contributed by atoms with van der Waals surface area (Å²) in [6.07, 6.45) is 11.1. The van der Waals surface area contributed by atoms with E-state index in [1.807, 2.05) is 0 Å². The van der Waals surface area contributed by atoms with E-state index in [2.05, 4.69) is 73.6 Å². The Morgan fingerprint density at radius 3 is 1.74 bits per heavy atom. The van der Waals surface area contributed by atoms with Crippen LogP contribution in [-0.4, -0.2) is 34.5 Å². The minimum atomic E-state index is 0. The van der Waals surface area contributed by atoms with Gasteiger partial charge in [-0.25, -0.2) is 0 Å². The normalized spacial score (nSPS) is 16.7. The second-order valence-electron chi connectivity index (χ2n) is 7.74. The van der Waals surface area contributed by atoms with Gasteiger partial charge in [0, 0.05) is 5.66 Å². The molecular formula is C20H38CoP2+2. The molecule has 0 heterocycles. The second kappa shape index (κ2) is 11.5. The third-order valence-corrected chi connectivity index (χ3v) is 12.1. The van der Waals surface area contributed by atoms with Crippen LogP contribution in [0, 0.1) is 0 Å². The molecule has 0 amide bonds. The summed E-state index contributed by atoms with van der Waals surface area (Å²) in [4.78, 5) is 0. The van der Waals surface area contributed by atoms with E-state index in [4.69, 9.17) is 0 Å². The molecule has 0 spiro atoms. The van der Waals surface area contributed by atoms with Crippen molar-refractivity contribution in [3.05, 3.63) is 23.8 Å². The van der Waals surface area contributed by atoms with E-state index < -0.39 is 0 Å². The van der Waals surface area contributed by atoms with Crippen molar-refractivity contribution in [1.82, 2.24) is 0 Å². The molecular weight excluding hydrogens is 361 g/mol. The minimum absolute atomic E-state index is 0. The van der Waals surface area contributed by atoms with Crippen molar-refractivity contribution in [3.63, 3.8) is 0 Å². The third kappa shape index (κ3) is 7.31. The summed E-state index contributed by atoms with van der Waals surface area (Å²) in [6.45, 7) is 19.7. The molecule has 1 atom stereocenters. The fraction of sp³-hybridized carbons (Fsp3) is 0.800. The average molecular weight is 399 g/mol. The Morgan fingerprint density at radius 1 is 0.870 bits per heavy atom. The monoisotopic (exact) mass is 399 g/mol. The van der Waals surface area contributed by atoms with Crippen LogP contribution in [0.1, 0.15) is 68.2 Å². The molecule has 0 aromatic rings. The van der Waals surface area contributed by atoms with Gasteiger partial charge in [-0.2, -0.15) is 0 Å². The topological polar surface area (TPSA) is 0 Å². The summed E-state index contributed by atoms with van der Waals surface area (Å²) in [5.74, 6) is 0. The Balaban J connectivity index is 0.00000484. The molecule has 0 aromatic heterocycles. The van der Waals surface area contributed by atoms with Crippen LogP contribution in [0.3, 0.4) is 0 Å². The van der Waals surface area contributed by atoms with Crippen molar-refractivity contribution in [2.75, 3.05) is 6.16 Å². The van der Waals surface area contributed by atoms with Crippen molar-refractivity contribution in [2.24, 2.45) is 0 Å². The van der Waals surface area contributed by atoms with Crippen LogP contribution < -0.4 is 0 Å². The van der Waals surface area contributed by atoms with Crippen LogP contribution in [0.4, 0.5) is 0 Å². The van der Waals surface area contributed by atoms with Gasteiger partial charge < -0.3 is 0 Å². The van der Waals surface area contributed by atoms with E-state index in [9.17, 15) is 0 Å². The quantitative estimate of drug-likeness (QED) is 0.378. The fourth-order valence-electron chi connectivity index (χ4n) is 3.84. The van der Waals surface area contributed by atoms with Crippen LogP contribution >= 0.6 is 15.8 Å². The van der Waals surface area contributed by atoms with E-state index in [-0.39, 0.29) is 32.6 Å². The van der Waals surface area contributed by atoms with Crippen LogP contribution in [0.15, 0.2) is 23.8 Å². The standard InChI is InChI=1S/C20H38P2.Co/c1-15(2)21(16(3)4)14-20(19-12-10-9-11-13-19)22(17(5)6)18(7)8;/h9-10,12,15-18,20H,11,13-14H2,1-8H3;/q;+2. The minimum Gasteiger partial charge on any atom is -0.100 e. The van der Waals surface area contributed by atoms with Gasteiger partial charge in [-0.15, -0.1) is 7.92 Å². The Hall–Kier alpha value is 0.846. The maximum atomic E-state index is 2.46. The first-order valence-corrected chi connectivity index (χ1v) is 12.4. The van der Waals surface area contributed by atoms with Gasteiger partial charge in [0.05, 0.1) is 0 Å². The van der Waals surface area contributed by atoms with E-state index in [0.29, 0.717) is 0 Å². The molecule has 1 radical (unpaired) electrons. The zero-order valence-electron chi connectivity index (χ0n) is 16.5. The SMILES string of the molecule is CC(C)P(CC(C1=CC=CCC1)P(C(C)C)C(C)C)C(C)C.[Co+2]. The molecule has 135 valence electrons. The van der Waals surface area contributed by atoms with Gasteiger partial charge in [-0.1, -0.05) is 87.1 Å². The summed E-state index contributed by atoms with van der Waals surface area (Å²) >= 11 is 0. The van der Waals surface area contributed by atoms with Gasteiger partial charge in [0.15, 0.2) is 0 Å². The summed E-state index contributed by atoms with van der Waals surface area (Å²) in [7, 11) is 0.193. The predicted octanol–water partition coefficient (Wildman–Crippen LogP) is 7.23. The van der Waals surface area contributed by atoms with Crippen LogP contribution in [0.5, 0.6) is 0 Å². The molecule has 1 aliphatic rings. The maximum Gasteiger partial charge on any atom is 2.00 e. The van der Waals surface area contributed by atoms with Gasteiger partial charge in [-0.3, -0.25) is 0 Å². The summed E-state index contributed by atoms with van der Waals surface area (Å²) in [6, 6.07) is 0. The molecule has 3 heteroatoms. The predicted molar refractivity (Wildman–Crippen MR) is 109 cm³/mol. The maximum absolute atomic E-state index is 2.46.